The van der Waals surface area contributed by atoms with E-state index in [0.29, 0.717) is 0 Å². The standard InChI is InChI=1S/C17H13ClN2OS/c1-10-16(11-3-5-12(18)6-4-11)19-17-20(10)14-8-7-13(21-2)9-15(14)22-17/h3-9H,1-2H3. The van der Waals surface area contributed by atoms with Gasteiger partial charge in [-0.25, -0.2) is 4.98 Å². The molecule has 0 aliphatic carbocycles. The second-order valence-corrected chi connectivity index (χ2v) is 6.55. The van der Waals surface area contributed by atoms with E-state index in [0.717, 1.165) is 38.2 Å². The number of nitrogens with zero attached hydrogens (tertiary/aromatic N) is 2. The monoisotopic (exact) mass is 328 g/mol. The summed E-state index contributed by atoms with van der Waals surface area (Å²) in [6.07, 6.45) is 0. The third-order valence-electron chi connectivity index (χ3n) is 3.80. The number of aryl methyl sites for hydroxylation is 1. The van der Waals surface area contributed by atoms with Crippen molar-refractivity contribution in [2.24, 2.45) is 0 Å². The Morgan fingerprint density at radius 3 is 2.64 bits per heavy atom. The predicted molar refractivity (Wildman–Crippen MR) is 92.3 cm³/mol. The Morgan fingerprint density at radius 2 is 1.91 bits per heavy atom. The Bertz CT molecular complexity index is 985. The van der Waals surface area contributed by atoms with Gasteiger partial charge in [0.25, 0.3) is 0 Å². The highest BCUT2D eigenvalue weighted by Crippen LogP contribution is 2.34. The summed E-state index contributed by atoms with van der Waals surface area (Å²) in [5.74, 6) is 0.868. The van der Waals surface area contributed by atoms with Gasteiger partial charge in [0.15, 0.2) is 4.96 Å². The lowest BCUT2D eigenvalue weighted by atomic mass is 10.1. The smallest absolute Gasteiger partial charge is 0.195 e. The van der Waals surface area contributed by atoms with E-state index in [1.54, 1.807) is 18.4 Å². The molecule has 4 rings (SSSR count). The molecule has 0 atom stereocenters. The molecule has 0 spiro atoms. The van der Waals surface area contributed by atoms with Crippen LogP contribution in [-0.4, -0.2) is 16.5 Å². The zero-order valence-electron chi connectivity index (χ0n) is 12.1. The van der Waals surface area contributed by atoms with Crippen LogP contribution in [0.3, 0.4) is 0 Å². The van der Waals surface area contributed by atoms with Gasteiger partial charge >= 0.3 is 0 Å². The van der Waals surface area contributed by atoms with Crippen LogP contribution in [0.25, 0.3) is 26.4 Å². The molecule has 0 N–H and O–H groups in total. The fourth-order valence-corrected chi connectivity index (χ4v) is 3.92. The van der Waals surface area contributed by atoms with Crippen LogP contribution in [0.15, 0.2) is 42.5 Å². The van der Waals surface area contributed by atoms with Gasteiger partial charge in [0.1, 0.15) is 5.75 Å². The van der Waals surface area contributed by atoms with Crippen molar-refractivity contribution in [1.82, 2.24) is 9.38 Å². The highest BCUT2D eigenvalue weighted by molar-refractivity contribution is 7.23. The molecule has 0 fully saturated rings. The summed E-state index contributed by atoms with van der Waals surface area (Å²) in [6.45, 7) is 2.10. The number of halogens is 1. The fourth-order valence-electron chi connectivity index (χ4n) is 2.70. The first-order valence-corrected chi connectivity index (χ1v) is 8.08. The molecule has 0 radical (unpaired) electrons. The highest BCUT2D eigenvalue weighted by atomic mass is 35.5. The summed E-state index contributed by atoms with van der Waals surface area (Å²) in [5, 5.41) is 0.736. The Balaban J connectivity index is 1.96. The van der Waals surface area contributed by atoms with E-state index >= 15 is 0 Å². The molecule has 2 aromatic heterocycles. The molecule has 3 nitrogen and oxygen atoms in total. The first-order valence-electron chi connectivity index (χ1n) is 6.89. The highest BCUT2D eigenvalue weighted by Gasteiger charge is 2.15. The Hall–Kier alpha value is -2.04. The molecule has 0 amide bonds. The van der Waals surface area contributed by atoms with Crippen LogP contribution in [-0.2, 0) is 0 Å². The minimum Gasteiger partial charge on any atom is -0.497 e. The maximum atomic E-state index is 5.97. The zero-order valence-corrected chi connectivity index (χ0v) is 13.7. The summed E-state index contributed by atoms with van der Waals surface area (Å²) >= 11 is 7.64. The summed E-state index contributed by atoms with van der Waals surface area (Å²) in [5.41, 5.74) is 4.37. The lowest BCUT2D eigenvalue weighted by Gasteiger charge is -2.02. The van der Waals surface area contributed by atoms with Gasteiger partial charge < -0.3 is 4.74 Å². The molecule has 0 aliphatic rings. The third kappa shape index (κ3) is 1.99. The molecule has 2 aromatic carbocycles. The van der Waals surface area contributed by atoms with Crippen molar-refractivity contribution in [2.45, 2.75) is 6.92 Å². The minimum atomic E-state index is 0.736. The van der Waals surface area contributed by atoms with E-state index in [-0.39, 0.29) is 0 Å². The van der Waals surface area contributed by atoms with Crippen molar-refractivity contribution in [2.75, 3.05) is 7.11 Å². The van der Waals surface area contributed by atoms with Crippen molar-refractivity contribution >= 4 is 38.1 Å². The zero-order chi connectivity index (χ0) is 15.3. The van der Waals surface area contributed by atoms with E-state index in [1.807, 2.05) is 30.3 Å². The van der Waals surface area contributed by atoms with Crippen LogP contribution in [0.2, 0.25) is 5.02 Å². The lowest BCUT2D eigenvalue weighted by Crippen LogP contribution is -1.87. The fraction of sp³-hybridized carbons (Fsp3) is 0.118. The number of hydrogen-bond donors (Lipinski definition) is 0. The van der Waals surface area contributed by atoms with E-state index < -0.39 is 0 Å². The number of fused-ring (bicyclic) bond motifs is 3. The molecule has 0 saturated carbocycles. The van der Waals surface area contributed by atoms with Gasteiger partial charge in [-0.3, -0.25) is 4.40 Å². The van der Waals surface area contributed by atoms with Gasteiger partial charge in [0.05, 0.1) is 23.0 Å². The number of ether oxygens (including phenoxy) is 1. The molecular formula is C17H13ClN2OS. The second-order valence-electron chi connectivity index (χ2n) is 5.11. The lowest BCUT2D eigenvalue weighted by molar-refractivity contribution is 0.415. The van der Waals surface area contributed by atoms with Crippen LogP contribution >= 0.6 is 22.9 Å². The Labute approximate surface area is 136 Å². The average Bonchev–Trinajstić information content (AvgIpc) is 3.04. The number of benzene rings is 2. The maximum absolute atomic E-state index is 5.97. The summed E-state index contributed by atoms with van der Waals surface area (Å²) in [4.78, 5) is 5.79. The summed E-state index contributed by atoms with van der Waals surface area (Å²) in [6, 6.07) is 13.9. The van der Waals surface area contributed by atoms with Crippen molar-refractivity contribution in [1.29, 1.82) is 0 Å². The molecule has 110 valence electrons. The molecule has 4 aromatic rings. The van der Waals surface area contributed by atoms with E-state index in [2.05, 4.69) is 23.5 Å². The molecule has 22 heavy (non-hydrogen) atoms. The normalized spacial score (nSPS) is 11.4. The van der Waals surface area contributed by atoms with Gasteiger partial charge in [-0.2, -0.15) is 0 Å². The van der Waals surface area contributed by atoms with Crippen LogP contribution in [0.5, 0.6) is 5.75 Å². The maximum Gasteiger partial charge on any atom is 0.195 e. The van der Waals surface area contributed by atoms with E-state index in [4.69, 9.17) is 21.3 Å². The van der Waals surface area contributed by atoms with Crippen LogP contribution in [0.4, 0.5) is 0 Å². The molecular weight excluding hydrogens is 316 g/mol. The van der Waals surface area contributed by atoms with Crippen molar-refractivity contribution in [3.63, 3.8) is 0 Å². The van der Waals surface area contributed by atoms with Crippen LogP contribution < -0.4 is 4.74 Å². The number of imidazole rings is 1. The van der Waals surface area contributed by atoms with Gasteiger partial charge in [0, 0.05) is 16.3 Å². The summed E-state index contributed by atoms with van der Waals surface area (Å²) in [7, 11) is 1.68. The predicted octanol–water partition coefficient (Wildman–Crippen LogP) is 5.19. The van der Waals surface area contributed by atoms with E-state index in [9.17, 15) is 0 Å². The van der Waals surface area contributed by atoms with Crippen molar-refractivity contribution in [3.8, 4) is 17.0 Å². The van der Waals surface area contributed by atoms with Gasteiger partial charge in [-0.15, -0.1) is 0 Å². The largest absolute Gasteiger partial charge is 0.497 e. The first kappa shape index (κ1) is 13.6. The topological polar surface area (TPSA) is 26.5 Å². The van der Waals surface area contributed by atoms with E-state index in [1.165, 1.54) is 4.70 Å². The summed E-state index contributed by atoms with van der Waals surface area (Å²) < 4.78 is 8.67. The molecule has 0 unspecified atom stereocenters. The SMILES string of the molecule is COc1ccc2c(c1)sc1nc(-c3ccc(Cl)cc3)c(C)n12. The van der Waals surface area contributed by atoms with Crippen LogP contribution in [0.1, 0.15) is 5.69 Å². The number of thiazole rings is 1. The number of hydrogen-bond acceptors (Lipinski definition) is 3. The quantitative estimate of drug-likeness (QED) is 0.506. The minimum absolute atomic E-state index is 0.736. The Kier molecular flexibility index (Phi) is 3.10. The van der Waals surface area contributed by atoms with Gasteiger partial charge in [-0.1, -0.05) is 35.1 Å². The van der Waals surface area contributed by atoms with Crippen molar-refractivity contribution in [3.05, 3.63) is 53.2 Å². The van der Waals surface area contributed by atoms with Gasteiger partial charge in [-0.05, 0) is 37.3 Å². The Morgan fingerprint density at radius 1 is 1.14 bits per heavy atom. The average molecular weight is 329 g/mol. The van der Waals surface area contributed by atoms with Gasteiger partial charge in [0.2, 0.25) is 0 Å². The number of aromatic nitrogens is 2. The molecule has 0 bridgehead atoms. The second kappa shape index (κ2) is 5.00. The van der Waals surface area contributed by atoms with Crippen molar-refractivity contribution < 1.29 is 4.74 Å². The molecule has 2 heterocycles. The first-order chi connectivity index (χ1) is 10.7. The molecule has 0 aliphatic heterocycles. The molecule has 5 heteroatoms. The molecule has 0 saturated heterocycles. The number of methoxy groups -OCH3 is 1. The number of rotatable bonds is 2. The third-order valence-corrected chi connectivity index (χ3v) is 5.06. The van der Waals surface area contributed by atoms with Crippen LogP contribution in [0, 0.1) is 6.92 Å².